The number of methoxy groups -OCH3 is 1. The second kappa shape index (κ2) is 12.9. The maximum atomic E-state index is 13.8. The van der Waals surface area contributed by atoms with Gasteiger partial charge in [-0.25, -0.2) is 4.98 Å². The molecule has 1 spiro atoms. The average molecular weight is 652 g/mol. The molecule has 3 aromatic heterocycles. The Morgan fingerprint density at radius 1 is 1.04 bits per heavy atom. The number of piperidine rings is 2. The van der Waals surface area contributed by atoms with Gasteiger partial charge in [0.2, 0.25) is 0 Å². The van der Waals surface area contributed by atoms with E-state index in [4.69, 9.17) is 9.72 Å². The third-order valence-corrected chi connectivity index (χ3v) is 10.7. The predicted molar refractivity (Wildman–Crippen MR) is 189 cm³/mol. The van der Waals surface area contributed by atoms with Gasteiger partial charge < -0.3 is 24.2 Å². The normalized spacial score (nSPS) is 19.2. The maximum absolute atomic E-state index is 13.8. The van der Waals surface area contributed by atoms with Crippen molar-refractivity contribution in [3.63, 3.8) is 0 Å². The van der Waals surface area contributed by atoms with E-state index in [1.165, 1.54) is 57.5 Å². The number of carbonyl (C=O) groups is 1. The Hall–Kier alpha value is -3.86. The molecule has 3 saturated heterocycles. The first-order chi connectivity index (χ1) is 23.0. The molecule has 0 unspecified atom stereocenters. The number of Topliss-reactive ketones (excluding diaryl/α,β-unsaturated/α-hetero) is 1. The Labute approximate surface area is 283 Å². The molecule has 0 aliphatic carbocycles. The minimum atomic E-state index is -0.987. The van der Waals surface area contributed by atoms with Gasteiger partial charge in [-0.2, -0.15) is 0 Å². The molecule has 48 heavy (non-hydrogen) atoms. The number of benzene rings is 1. The molecule has 0 radical (unpaired) electrons. The van der Waals surface area contributed by atoms with Gasteiger partial charge in [-0.1, -0.05) is 0 Å². The number of anilines is 1. The lowest BCUT2D eigenvalue weighted by Crippen LogP contribution is -2.63. The number of ketones is 1. The number of rotatable bonds is 9. The van der Waals surface area contributed by atoms with Crippen molar-refractivity contribution in [2.24, 2.45) is 5.41 Å². The largest absolute Gasteiger partial charge is 0.496 e. The molecular weight excluding hydrogens is 602 g/mol. The lowest BCUT2D eigenvalue weighted by atomic mass is 9.71. The number of carbonyl (C=O) groups excluding carboxylic acids is 1. The fourth-order valence-electron chi connectivity index (χ4n) is 7.99. The van der Waals surface area contributed by atoms with Crippen molar-refractivity contribution in [2.75, 3.05) is 58.3 Å². The summed E-state index contributed by atoms with van der Waals surface area (Å²) in [5.41, 5.74) is 5.18. The van der Waals surface area contributed by atoms with Gasteiger partial charge in [-0.3, -0.25) is 19.7 Å². The smallest absolute Gasteiger partial charge is 0.170 e. The molecule has 3 fully saturated rings. The monoisotopic (exact) mass is 651 g/mol. The van der Waals surface area contributed by atoms with Crippen LogP contribution in [0.15, 0.2) is 48.8 Å². The third-order valence-electron chi connectivity index (χ3n) is 10.7. The van der Waals surface area contributed by atoms with Crippen LogP contribution in [0.2, 0.25) is 0 Å². The van der Waals surface area contributed by atoms with E-state index in [9.17, 15) is 9.90 Å². The van der Waals surface area contributed by atoms with Gasteiger partial charge in [0.15, 0.2) is 5.78 Å². The molecule has 0 amide bonds. The summed E-state index contributed by atoms with van der Waals surface area (Å²) in [5.74, 6) is 1.23. The Morgan fingerprint density at radius 3 is 2.50 bits per heavy atom. The second-order valence-electron chi connectivity index (χ2n) is 15.1. The Kier molecular flexibility index (Phi) is 8.76. The fourth-order valence-corrected chi connectivity index (χ4v) is 7.99. The van der Waals surface area contributed by atoms with E-state index < -0.39 is 5.60 Å². The lowest BCUT2D eigenvalue weighted by Gasteiger charge is -2.57. The molecule has 10 heteroatoms. The second-order valence-corrected chi connectivity index (χ2v) is 15.1. The van der Waals surface area contributed by atoms with E-state index in [0.717, 1.165) is 35.4 Å². The molecule has 3 aliphatic heterocycles. The van der Waals surface area contributed by atoms with Gasteiger partial charge in [0.1, 0.15) is 11.6 Å². The first kappa shape index (κ1) is 32.7. The van der Waals surface area contributed by atoms with Crippen LogP contribution < -0.4 is 9.64 Å². The molecule has 4 aromatic rings. The predicted octanol–water partition coefficient (Wildman–Crippen LogP) is 5.00. The van der Waals surface area contributed by atoms with Crippen molar-refractivity contribution in [2.45, 2.75) is 71.1 Å². The van der Waals surface area contributed by atoms with E-state index in [1.807, 2.05) is 17.6 Å². The molecule has 0 atom stereocenters. The highest BCUT2D eigenvalue weighted by Crippen LogP contribution is 2.42. The van der Waals surface area contributed by atoms with E-state index >= 15 is 0 Å². The van der Waals surface area contributed by atoms with Crippen LogP contribution in [-0.4, -0.2) is 105 Å². The summed E-state index contributed by atoms with van der Waals surface area (Å²) < 4.78 is 7.56. The van der Waals surface area contributed by atoms with Crippen molar-refractivity contribution in [1.82, 2.24) is 29.3 Å². The summed E-state index contributed by atoms with van der Waals surface area (Å²) in [6.07, 6.45) is 8.51. The van der Waals surface area contributed by atoms with Crippen LogP contribution in [0.3, 0.4) is 0 Å². The molecular formula is C38H49N7O3. The summed E-state index contributed by atoms with van der Waals surface area (Å²) in [5, 5.41) is 10.9. The van der Waals surface area contributed by atoms with Crippen molar-refractivity contribution in [3.05, 3.63) is 65.9 Å². The fraction of sp³-hybridized carbons (Fsp3) is 0.526. The number of fused-ring (bicyclic) bond motifs is 1. The first-order valence-corrected chi connectivity index (χ1v) is 17.4. The zero-order chi connectivity index (χ0) is 33.6. The van der Waals surface area contributed by atoms with Gasteiger partial charge >= 0.3 is 0 Å². The number of nitrogens with zero attached hydrogens (tertiary/aromatic N) is 7. The highest BCUT2D eigenvalue weighted by atomic mass is 16.5. The average Bonchev–Trinajstić information content (AvgIpc) is 3.38. The summed E-state index contributed by atoms with van der Waals surface area (Å²) in [4.78, 5) is 35.4. The van der Waals surface area contributed by atoms with Crippen LogP contribution in [0, 0.1) is 12.3 Å². The number of aromatic nitrogens is 4. The quantitative estimate of drug-likeness (QED) is 0.251. The molecule has 254 valence electrons. The van der Waals surface area contributed by atoms with Crippen LogP contribution in [0.4, 0.5) is 5.69 Å². The van der Waals surface area contributed by atoms with E-state index in [2.05, 4.69) is 49.9 Å². The van der Waals surface area contributed by atoms with Crippen LogP contribution in [0.5, 0.6) is 5.75 Å². The van der Waals surface area contributed by atoms with Gasteiger partial charge in [0.05, 0.1) is 48.0 Å². The van der Waals surface area contributed by atoms with Gasteiger partial charge in [-0.05, 0) is 108 Å². The van der Waals surface area contributed by atoms with Crippen molar-refractivity contribution < 1.29 is 14.6 Å². The number of imidazole rings is 1. The molecule has 0 bridgehead atoms. The topological polar surface area (TPSA) is 99.9 Å². The van der Waals surface area contributed by atoms with Gasteiger partial charge in [0.25, 0.3) is 0 Å². The molecule has 10 nitrogen and oxygen atoms in total. The lowest BCUT2D eigenvalue weighted by molar-refractivity contribution is -0.0704. The van der Waals surface area contributed by atoms with Crippen molar-refractivity contribution in [3.8, 4) is 17.0 Å². The number of hydrogen-bond acceptors (Lipinski definition) is 9. The molecule has 6 heterocycles. The number of aliphatic hydroxyl groups is 1. The van der Waals surface area contributed by atoms with E-state index in [-0.39, 0.29) is 12.2 Å². The summed E-state index contributed by atoms with van der Waals surface area (Å²) >= 11 is 0. The van der Waals surface area contributed by atoms with Crippen LogP contribution in [0.25, 0.3) is 22.3 Å². The minimum Gasteiger partial charge on any atom is -0.496 e. The van der Waals surface area contributed by atoms with E-state index in [0.29, 0.717) is 40.8 Å². The van der Waals surface area contributed by atoms with Crippen molar-refractivity contribution in [1.29, 1.82) is 0 Å². The summed E-state index contributed by atoms with van der Waals surface area (Å²) in [6, 6.07) is 12.5. The SMILES string of the molecule is COc1ccncc1-c1cc(C(=O)Cc2nc3ccc(N4CCC(N5CC6(CCN(C)CC6)C5)CC4)cc3n2CC(C)(C)O)cc(C)n1. The number of hydrogen-bond donors (Lipinski definition) is 1. The molecule has 0 saturated carbocycles. The molecule has 7 rings (SSSR count). The first-order valence-electron chi connectivity index (χ1n) is 17.4. The molecule has 3 aliphatic rings. The summed E-state index contributed by atoms with van der Waals surface area (Å²) in [6.45, 7) is 12.9. The van der Waals surface area contributed by atoms with E-state index in [1.54, 1.807) is 45.5 Å². The van der Waals surface area contributed by atoms with Crippen molar-refractivity contribution >= 4 is 22.5 Å². The highest BCUT2D eigenvalue weighted by molar-refractivity contribution is 5.98. The zero-order valence-corrected chi connectivity index (χ0v) is 29.1. The Morgan fingerprint density at radius 2 is 1.79 bits per heavy atom. The zero-order valence-electron chi connectivity index (χ0n) is 29.1. The number of ether oxygens (including phenoxy) is 1. The molecule has 1 aromatic carbocycles. The minimum absolute atomic E-state index is 0.0628. The van der Waals surface area contributed by atoms with Gasteiger partial charge in [0, 0.05) is 61.6 Å². The number of likely N-dealkylation sites (tertiary alicyclic amines) is 2. The Balaban J connectivity index is 1.09. The Bertz CT molecular complexity index is 1790. The standard InChI is InChI=1S/C38H49N7O3/c1-26-18-27(19-32(40-26)30-22-39-13-8-35(30)48-5)34(46)21-36-41-31-7-6-29(20-33(31)45(36)23-37(2,3)47)43-14-9-28(10-15-43)44-24-38(25-44)11-16-42(4)17-12-38/h6-8,13,18-20,22,28,47H,9-12,14-17,21,23-25H2,1-5H3. The van der Waals surface area contributed by atoms with Crippen LogP contribution in [0.1, 0.15) is 61.4 Å². The highest BCUT2D eigenvalue weighted by Gasteiger charge is 2.46. The third kappa shape index (κ3) is 6.70. The molecule has 1 N–H and O–H groups in total. The number of pyridine rings is 2. The number of aryl methyl sites for hydroxylation is 1. The van der Waals surface area contributed by atoms with Gasteiger partial charge in [-0.15, -0.1) is 0 Å². The van der Waals surface area contributed by atoms with Crippen LogP contribution >= 0.6 is 0 Å². The maximum Gasteiger partial charge on any atom is 0.170 e. The summed E-state index contributed by atoms with van der Waals surface area (Å²) in [7, 11) is 3.86. The van der Waals surface area contributed by atoms with Crippen LogP contribution in [-0.2, 0) is 13.0 Å².